The lowest BCUT2D eigenvalue weighted by Gasteiger charge is -2.45. The molecule has 2 aliphatic heterocycles. The molecule has 0 amide bonds. The van der Waals surface area contributed by atoms with Gasteiger partial charge in [-0.2, -0.15) is 0 Å². The number of piperidine rings is 1. The summed E-state index contributed by atoms with van der Waals surface area (Å²) in [5.74, 6) is -2.41. The molecule has 0 bridgehead atoms. The van der Waals surface area contributed by atoms with Crippen LogP contribution in [0.1, 0.15) is 12.8 Å². The minimum atomic E-state index is -2.41. The lowest BCUT2D eigenvalue weighted by atomic mass is 9.99. The number of rotatable bonds is 1. The molecule has 2 heterocycles. The van der Waals surface area contributed by atoms with Crippen LogP contribution in [0.4, 0.5) is 8.78 Å². The highest BCUT2D eigenvalue weighted by Gasteiger charge is 2.46. The Hall–Kier alpha value is -0.220. The smallest absolute Gasteiger partial charge is 0.272 e. The van der Waals surface area contributed by atoms with Crippen molar-refractivity contribution in [3.8, 4) is 0 Å². The molecule has 0 N–H and O–H groups in total. The summed E-state index contributed by atoms with van der Waals surface area (Å²) in [5.41, 5.74) is 0. The first-order valence-electron chi connectivity index (χ1n) is 4.42. The van der Waals surface area contributed by atoms with E-state index in [1.54, 1.807) is 0 Å². The fourth-order valence-electron chi connectivity index (χ4n) is 1.91. The zero-order valence-electron chi connectivity index (χ0n) is 6.97. The van der Waals surface area contributed by atoms with E-state index in [0.29, 0.717) is 6.04 Å². The average molecular weight is 175 g/mol. The van der Waals surface area contributed by atoms with Gasteiger partial charge >= 0.3 is 0 Å². The maximum Gasteiger partial charge on any atom is 0.272 e. The molecule has 1 radical (unpaired) electrons. The van der Waals surface area contributed by atoms with Gasteiger partial charge in [0.05, 0.1) is 13.1 Å². The van der Waals surface area contributed by atoms with Crippen molar-refractivity contribution >= 4 is 0 Å². The highest BCUT2D eigenvalue weighted by atomic mass is 19.3. The number of hydrogen-bond acceptors (Lipinski definition) is 1. The molecule has 0 spiro atoms. The zero-order chi connectivity index (χ0) is 8.60. The molecule has 12 heavy (non-hydrogen) atoms. The molecule has 4 heteroatoms. The van der Waals surface area contributed by atoms with Crippen LogP contribution in [-0.4, -0.2) is 43.0 Å². The number of nitrogens with zero attached hydrogens (tertiary/aromatic N) is 2. The predicted molar refractivity (Wildman–Crippen MR) is 41.4 cm³/mol. The summed E-state index contributed by atoms with van der Waals surface area (Å²) >= 11 is 0. The summed E-state index contributed by atoms with van der Waals surface area (Å²) in [5, 5.41) is 4.19. The van der Waals surface area contributed by atoms with Gasteiger partial charge in [0.2, 0.25) is 0 Å². The van der Waals surface area contributed by atoms with Crippen LogP contribution in [-0.2, 0) is 0 Å². The lowest BCUT2D eigenvalue weighted by molar-refractivity contribution is -0.148. The standard InChI is InChI=1S/C8H13F2N2/c9-8(10)5-12(6-8)7-1-3-11-4-2-7/h7H,1-6H2. The summed E-state index contributed by atoms with van der Waals surface area (Å²) in [6, 6.07) is 0.377. The molecule has 0 aliphatic carbocycles. The second kappa shape index (κ2) is 2.92. The molecular formula is C8H13F2N2. The summed E-state index contributed by atoms with van der Waals surface area (Å²) in [6.07, 6.45) is 1.94. The van der Waals surface area contributed by atoms with Crippen molar-refractivity contribution in [3.05, 3.63) is 0 Å². The molecule has 0 atom stereocenters. The van der Waals surface area contributed by atoms with Crippen LogP contribution in [0.2, 0.25) is 0 Å². The molecule has 0 unspecified atom stereocenters. The van der Waals surface area contributed by atoms with Crippen LogP contribution >= 0.6 is 0 Å². The average Bonchev–Trinajstić information content (AvgIpc) is 2.02. The lowest BCUT2D eigenvalue weighted by Crippen LogP contribution is -2.61. The van der Waals surface area contributed by atoms with Crippen LogP contribution in [0.5, 0.6) is 0 Å². The van der Waals surface area contributed by atoms with E-state index >= 15 is 0 Å². The molecule has 2 saturated heterocycles. The van der Waals surface area contributed by atoms with E-state index in [9.17, 15) is 8.78 Å². The molecular weight excluding hydrogens is 162 g/mol. The number of halogens is 2. The Morgan fingerprint density at radius 2 is 1.75 bits per heavy atom. The van der Waals surface area contributed by atoms with E-state index in [4.69, 9.17) is 0 Å². The van der Waals surface area contributed by atoms with Crippen molar-refractivity contribution in [1.82, 2.24) is 10.2 Å². The fourth-order valence-corrected chi connectivity index (χ4v) is 1.91. The molecule has 0 aromatic rings. The maximum absolute atomic E-state index is 12.5. The van der Waals surface area contributed by atoms with Gasteiger partial charge in [-0.15, -0.1) is 0 Å². The topological polar surface area (TPSA) is 17.3 Å². The molecule has 0 aromatic carbocycles. The number of hydrogen-bond donors (Lipinski definition) is 0. The summed E-state index contributed by atoms with van der Waals surface area (Å²) in [4.78, 5) is 1.88. The first-order chi connectivity index (χ1) is 5.67. The van der Waals surface area contributed by atoms with Crippen LogP contribution in [0, 0.1) is 0 Å². The van der Waals surface area contributed by atoms with Crippen LogP contribution in [0.25, 0.3) is 0 Å². The quantitative estimate of drug-likeness (QED) is 0.573. The van der Waals surface area contributed by atoms with E-state index in [-0.39, 0.29) is 13.1 Å². The third kappa shape index (κ3) is 1.59. The van der Waals surface area contributed by atoms with Gasteiger partial charge in [0.25, 0.3) is 5.92 Å². The van der Waals surface area contributed by atoms with E-state index in [1.807, 2.05) is 4.90 Å². The van der Waals surface area contributed by atoms with E-state index < -0.39 is 5.92 Å². The second-order valence-electron chi connectivity index (χ2n) is 3.66. The van der Waals surface area contributed by atoms with Crippen molar-refractivity contribution in [2.75, 3.05) is 26.2 Å². The van der Waals surface area contributed by atoms with Gasteiger partial charge in [-0.25, -0.2) is 14.1 Å². The van der Waals surface area contributed by atoms with E-state index in [0.717, 1.165) is 25.9 Å². The second-order valence-corrected chi connectivity index (χ2v) is 3.66. The molecule has 2 nitrogen and oxygen atoms in total. The van der Waals surface area contributed by atoms with Gasteiger partial charge in [-0.05, 0) is 12.8 Å². The summed E-state index contributed by atoms with van der Waals surface area (Å²) < 4.78 is 25.0. The van der Waals surface area contributed by atoms with Gasteiger partial charge in [-0.1, -0.05) is 0 Å². The Bertz CT molecular complexity index is 158. The highest BCUT2D eigenvalue weighted by molar-refractivity contribution is 4.92. The molecule has 2 fully saturated rings. The third-order valence-corrected chi connectivity index (χ3v) is 2.63. The Morgan fingerprint density at radius 3 is 2.25 bits per heavy atom. The van der Waals surface area contributed by atoms with E-state index in [2.05, 4.69) is 5.32 Å². The number of likely N-dealkylation sites (tertiary alicyclic amines) is 1. The van der Waals surface area contributed by atoms with Crippen molar-refractivity contribution in [3.63, 3.8) is 0 Å². The van der Waals surface area contributed by atoms with Gasteiger partial charge < -0.3 is 0 Å². The zero-order valence-corrected chi connectivity index (χ0v) is 6.97. The Kier molecular flexibility index (Phi) is 2.04. The van der Waals surface area contributed by atoms with E-state index in [1.165, 1.54) is 0 Å². The SMILES string of the molecule is FC1(F)CN(C2CC[N]CC2)C1. The van der Waals surface area contributed by atoms with Crippen molar-refractivity contribution < 1.29 is 8.78 Å². The normalized spacial score (nSPS) is 31.5. The van der Waals surface area contributed by atoms with Gasteiger partial charge in [0.15, 0.2) is 0 Å². The summed E-state index contributed by atoms with van der Waals surface area (Å²) in [7, 11) is 0. The molecule has 69 valence electrons. The fraction of sp³-hybridized carbons (Fsp3) is 1.00. The van der Waals surface area contributed by atoms with Crippen molar-refractivity contribution in [2.45, 2.75) is 24.8 Å². The Labute approximate surface area is 70.9 Å². The summed E-state index contributed by atoms with van der Waals surface area (Å²) in [6.45, 7) is 1.65. The van der Waals surface area contributed by atoms with Crippen LogP contribution < -0.4 is 5.32 Å². The van der Waals surface area contributed by atoms with Crippen LogP contribution in [0.15, 0.2) is 0 Å². The Morgan fingerprint density at radius 1 is 1.17 bits per heavy atom. The third-order valence-electron chi connectivity index (χ3n) is 2.63. The molecule has 2 aliphatic rings. The largest absolute Gasteiger partial charge is 0.288 e. The van der Waals surface area contributed by atoms with Gasteiger partial charge in [-0.3, -0.25) is 4.90 Å². The minimum absolute atomic E-state index is 0.0301. The first-order valence-corrected chi connectivity index (χ1v) is 4.42. The molecule has 0 aromatic heterocycles. The Balaban J connectivity index is 1.79. The van der Waals surface area contributed by atoms with Crippen molar-refractivity contribution in [2.24, 2.45) is 0 Å². The van der Waals surface area contributed by atoms with Gasteiger partial charge in [0, 0.05) is 19.1 Å². The first kappa shape index (κ1) is 8.38. The monoisotopic (exact) mass is 175 g/mol. The van der Waals surface area contributed by atoms with Crippen molar-refractivity contribution in [1.29, 1.82) is 0 Å². The number of alkyl halides is 2. The molecule has 2 rings (SSSR count). The van der Waals surface area contributed by atoms with Crippen LogP contribution in [0.3, 0.4) is 0 Å². The molecule has 0 saturated carbocycles. The minimum Gasteiger partial charge on any atom is -0.288 e. The predicted octanol–water partition coefficient (Wildman–Crippen LogP) is 0.704. The van der Waals surface area contributed by atoms with Gasteiger partial charge in [0.1, 0.15) is 0 Å². The highest BCUT2D eigenvalue weighted by Crippen LogP contribution is 2.30. The maximum atomic E-state index is 12.5.